The van der Waals surface area contributed by atoms with E-state index in [1.807, 2.05) is 0 Å². The fraction of sp³-hybridized carbons (Fsp3) is 0.0645. The molecule has 0 aliphatic rings. The molecule has 4 heterocycles. The standard InChI is InChI=1S/C62H45N5/c1-38-15-13-17-42(31-38)53-37-54(64-62(63-53)43-18-14-16-39(2)32-43)61-40(3)33-46(34-41(61)4)67-59-29-27-44(65-55-23-9-5-19-47(55)48-20-6-10-24-56(48)65)35-51(59)52-36-45(28-30-60(52)67)66-57-25-11-7-21-49(57)50-22-8-12-26-58(50)66/h5-37H,1-4H3. The predicted octanol–water partition coefficient (Wildman–Crippen LogP) is 16.0. The largest absolute Gasteiger partial charge is 0.309 e. The third-order valence-corrected chi connectivity index (χ3v) is 13.8. The van der Waals surface area contributed by atoms with Crippen molar-refractivity contribution in [3.05, 3.63) is 222 Å². The number of para-hydroxylation sites is 4. The molecule has 5 heteroatoms. The van der Waals surface area contributed by atoms with Crippen LogP contribution < -0.4 is 0 Å². The first-order chi connectivity index (χ1) is 32.9. The van der Waals surface area contributed by atoms with Gasteiger partial charge in [-0.2, -0.15) is 0 Å². The van der Waals surface area contributed by atoms with Crippen LogP contribution >= 0.6 is 0 Å². The van der Waals surface area contributed by atoms with Crippen molar-refractivity contribution in [2.24, 2.45) is 0 Å². The highest BCUT2D eigenvalue weighted by Gasteiger charge is 2.21. The van der Waals surface area contributed by atoms with Crippen molar-refractivity contribution >= 4 is 65.4 Å². The third kappa shape index (κ3) is 6.15. The molecule has 13 aromatic rings. The van der Waals surface area contributed by atoms with Crippen molar-refractivity contribution in [2.75, 3.05) is 0 Å². The zero-order valence-electron chi connectivity index (χ0n) is 37.8. The number of fused-ring (bicyclic) bond motifs is 9. The highest BCUT2D eigenvalue weighted by Crippen LogP contribution is 2.41. The molecule has 13 rings (SSSR count). The van der Waals surface area contributed by atoms with E-state index in [-0.39, 0.29) is 0 Å². The summed E-state index contributed by atoms with van der Waals surface area (Å²) >= 11 is 0. The first-order valence-corrected chi connectivity index (χ1v) is 23.1. The third-order valence-electron chi connectivity index (χ3n) is 13.8. The van der Waals surface area contributed by atoms with Crippen molar-refractivity contribution in [3.63, 3.8) is 0 Å². The number of benzene rings is 9. The van der Waals surface area contributed by atoms with Crippen molar-refractivity contribution in [3.8, 4) is 51.0 Å². The summed E-state index contributed by atoms with van der Waals surface area (Å²) in [6.07, 6.45) is 0. The molecular weight excluding hydrogens is 815 g/mol. The Bertz CT molecular complexity index is 3800. The van der Waals surface area contributed by atoms with E-state index in [0.717, 1.165) is 73.1 Å². The average molecular weight is 860 g/mol. The van der Waals surface area contributed by atoms with E-state index in [0.29, 0.717) is 0 Å². The van der Waals surface area contributed by atoms with Gasteiger partial charge in [-0.3, -0.25) is 0 Å². The lowest BCUT2D eigenvalue weighted by Crippen LogP contribution is -2.01. The molecule has 0 bridgehead atoms. The first kappa shape index (κ1) is 38.9. The van der Waals surface area contributed by atoms with Gasteiger partial charge in [-0.05, 0) is 130 Å². The second kappa shape index (κ2) is 15.0. The Labute approximate surface area is 388 Å². The molecule has 0 radical (unpaired) electrons. The van der Waals surface area contributed by atoms with Crippen LogP contribution in [0.3, 0.4) is 0 Å². The Morgan fingerprint density at radius 3 is 1.18 bits per heavy atom. The summed E-state index contributed by atoms with van der Waals surface area (Å²) in [5.74, 6) is 0.723. The van der Waals surface area contributed by atoms with Crippen LogP contribution in [0, 0.1) is 27.7 Å². The lowest BCUT2D eigenvalue weighted by molar-refractivity contribution is 1.14. The van der Waals surface area contributed by atoms with Crippen LogP contribution in [0.4, 0.5) is 0 Å². The topological polar surface area (TPSA) is 40.6 Å². The molecule has 318 valence electrons. The van der Waals surface area contributed by atoms with Gasteiger partial charge in [0.2, 0.25) is 0 Å². The Balaban J connectivity index is 1.04. The van der Waals surface area contributed by atoms with Crippen LogP contribution in [-0.2, 0) is 0 Å². The van der Waals surface area contributed by atoms with Gasteiger partial charge in [0.15, 0.2) is 5.82 Å². The van der Waals surface area contributed by atoms with E-state index in [2.05, 4.69) is 242 Å². The minimum absolute atomic E-state index is 0.723. The van der Waals surface area contributed by atoms with Gasteiger partial charge in [0.05, 0.1) is 44.5 Å². The van der Waals surface area contributed by atoms with Crippen LogP contribution in [0.15, 0.2) is 200 Å². The fourth-order valence-corrected chi connectivity index (χ4v) is 10.9. The summed E-state index contributed by atoms with van der Waals surface area (Å²) < 4.78 is 7.30. The summed E-state index contributed by atoms with van der Waals surface area (Å²) in [4.78, 5) is 10.5. The molecule has 4 aromatic heterocycles. The zero-order chi connectivity index (χ0) is 44.9. The maximum absolute atomic E-state index is 5.31. The van der Waals surface area contributed by atoms with E-state index in [4.69, 9.17) is 9.97 Å². The number of aromatic nitrogens is 5. The predicted molar refractivity (Wildman–Crippen MR) is 280 cm³/mol. The molecule has 0 atom stereocenters. The van der Waals surface area contributed by atoms with Gasteiger partial charge in [-0.25, -0.2) is 9.97 Å². The van der Waals surface area contributed by atoms with Gasteiger partial charge >= 0.3 is 0 Å². The summed E-state index contributed by atoms with van der Waals surface area (Å²) in [5, 5.41) is 7.39. The lowest BCUT2D eigenvalue weighted by atomic mass is 9.97. The molecule has 0 saturated carbocycles. The van der Waals surface area contributed by atoms with E-state index < -0.39 is 0 Å². The monoisotopic (exact) mass is 859 g/mol. The molecule has 0 spiro atoms. The summed E-state index contributed by atoms with van der Waals surface area (Å²) in [6.45, 7) is 8.70. The maximum atomic E-state index is 5.31. The van der Waals surface area contributed by atoms with Gasteiger partial charge in [0.25, 0.3) is 0 Å². The number of rotatable bonds is 6. The Hall–Kier alpha value is -8.54. The van der Waals surface area contributed by atoms with Gasteiger partial charge < -0.3 is 13.7 Å². The van der Waals surface area contributed by atoms with Crippen molar-refractivity contribution in [1.29, 1.82) is 0 Å². The summed E-state index contributed by atoms with van der Waals surface area (Å²) in [6, 6.07) is 72.9. The van der Waals surface area contributed by atoms with Crippen LogP contribution in [0.25, 0.3) is 116 Å². The number of hydrogen-bond donors (Lipinski definition) is 0. The van der Waals surface area contributed by atoms with Crippen LogP contribution in [0.1, 0.15) is 22.3 Å². The first-order valence-electron chi connectivity index (χ1n) is 23.1. The molecule has 0 unspecified atom stereocenters. The molecule has 0 aliphatic heterocycles. The lowest BCUT2D eigenvalue weighted by Gasteiger charge is -2.17. The fourth-order valence-electron chi connectivity index (χ4n) is 10.9. The highest BCUT2D eigenvalue weighted by molar-refractivity contribution is 6.14. The molecule has 5 nitrogen and oxygen atoms in total. The Kier molecular flexibility index (Phi) is 8.71. The second-order valence-electron chi connectivity index (χ2n) is 18.1. The van der Waals surface area contributed by atoms with Gasteiger partial charge in [-0.15, -0.1) is 0 Å². The van der Waals surface area contributed by atoms with Gasteiger partial charge in [0, 0.05) is 66.1 Å². The SMILES string of the molecule is Cc1cccc(-c2cc(-c3c(C)cc(-n4c5ccc(-n6c7ccccc7c7ccccc76)cc5c5cc(-n6c7ccccc7c7ccccc76)ccc54)cc3C)nc(-c3cccc(C)c3)n2)c1. The van der Waals surface area contributed by atoms with Crippen LogP contribution in [-0.4, -0.2) is 23.7 Å². The molecule has 0 fully saturated rings. The van der Waals surface area contributed by atoms with Crippen LogP contribution in [0.2, 0.25) is 0 Å². The summed E-state index contributed by atoms with van der Waals surface area (Å²) in [5.41, 5.74) is 20.2. The quantitative estimate of drug-likeness (QED) is 0.167. The molecule has 0 N–H and O–H groups in total. The Morgan fingerprint density at radius 2 is 0.701 bits per heavy atom. The normalized spacial score (nSPS) is 11.9. The zero-order valence-corrected chi connectivity index (χ0v) is 37.8. The highest BCUT2D eigenvalue weighted by atomic mass is 15.0. The molecule has 0 aliphatic carbocycles. The van der Waals surface area contributed by atoms with E-state index in [1.54, 1.807) is 0 Å². The van der Waals surface area contributed by atoms with Crippen molar-refractivity contribution in [2.45, 2.75) is 27.7 Å². The molecule has 9 aromatic carbocycles. The molecule has 0 amide bonds. The van der Waals surface area contributed by atoms with E-state index in [9.17, 15) is 0 Å². The van der Waals surface area contributed by atoms with Gasteiger partial charge in [0.1, 0.15) is 0 Å². The van der Waals surface area contributed by atoms with E-state index >= 15 is 0 Å². The maximum Gasteiger partial charge on any atom is 0.160 e. The second-order valence-corrected chi connectivity index (χ2v) is 18.1. The van der Waals surface area contributed by atoms with Crippen molar-refractivity contribution in [1.82, 2.24) is 23.7 Å². The summed E-state index contributed by atoms with van der Waals surface area (Å²) in [7, 11) is 0. The smallest absolute Gasteiger partial charge is 0.160 e. The number of nitrogens with zero attached hydrogens (tertiary/aromatic N) is 5. The number of aryl methyl sites for hydroxylation is 4. The minimum atomic E-state index is 0.723. The average Bonchev–Trinajstić information content (AvgIpc) is 3.99. The van der Waals surface area contributed by atoms with E-state index in [1.165, 1.54) is 65.5 Å². The van der Waals surface area contributed by atoms with Crippen molar-refractivity contribution < 1.29 is 0 Å². The van der Waals surface area contributed by atoms with Crippen LogP contribution in [0.5, 0.6) is 0 Å². The van der Waals surface area contributed by atoms with Gasteiger partial charge in [-0.1, -0.05) is 120 Å². The molecule has 67 heavy (non-hydrogen) atoms. The minimum Gasteiger partial charge on any atom is -0.309 e. The Morgan fingerprint density at radius 1 is 0.299 bits per heavy atom. The number of hydrogen-bond acceptors (Lipinski definition) is 2. The molecular formula is C62H45N5. The molecule has 0 saturated heterocycles.